The van der Waals surface area contributed by atoms with Crippen LogP contribution in [-0.4, -0.2) is 11.4 Å². The highest BCUT2D eigenvalue weighted by atomic mass is 35.5. The van der Waals surface area contributed by atoms with E-state index < -0.39 is 5.54 Å². The molecule has 0 unspecified atom stereocenters. The van der Waals surface area contributed by atoms with E-state index in [9.17, 15) is 10.1 Å². The second-order valence-electron chi connectivity index (χ2n) is 5.73. The van der Waals surface area contributed by atoms with Gasteiger partial charge in [-0.3, -0.25) is 4.79 Å². The minimum Gasteiger partial charge on any atom is -0.338 e. The molecule has 0 spiro atoms. The summed E-state index contributed by atoms with van der Waals surface area (Å²) in [4.78, 5) is 12.1. The maximum Gasteiger partial charge on any atom is 0.225 e. The molecule has 0 radical (unpaired) electrons. The summed E-state index contributed by atoms with van der Waals surface area (Å²) in [5.41, 5.74) is 0.189. The quantitative estimate of drug-likeness (QED) is 0.927. The molecule has 1 amide bonds. The average Bonchev–Trinajstić information content (AvgIpc) is 2.41. The van der Waals surface area contributed by atoms with E-state index in [1.54, 1.807) is 12.1 Å². The van der Waals surface area contributed by atoms with Gasteiger partial charge in [-0.25, -0.2) is 0 Å². The molecule has 20 heavy (non-hydrogen) atoms. The Labute approximate surface area is 124 Å². The van der Waals surface area contributed by atoms with Gasteiger partial charge in [-0.2, -0.15) is 5.26 Å². The van der Waals surface area contributed by atoms with Crippen LogP contribution in [0, 0.1) is 17.2 Å². The number of nitrogens with one attached hydrogen (secondary N) is 1. The molecule has 106 valence electrons. The molecule has 1 aromatic carbocycles. The van der Waals surface area contributed by atoms with E-state index in [0.29, 0.717) is 10.9 Å². The zero-order valence-electron chi connectivity index (χ0n) is 11.7. The molecule has 0 aliphatic heterocycles. The first kappa shape index (κ1) is 14.9. The summed E-state index contributed by atoms with van der Waals surface area (Å²) < 4.78 is 0. The number of carbonyl (C=O) groups excluding carboxylic acids is 1. The maximum absolute atomic E-state index is 12.1. The topological polar surface area (TPSA) is 52.9 Å². The lowest BCUT2D eigenvalue weighted by atomic mass is 9.78. The summed E-state index contributed by atoms with van der Waals surface area (Å²) in [6.07, 6.45) is 3.73. The second kappa shape index (κ2) is 6.28. The van der Waals surface area contributed by atoms with Crippen molar-refractivity contribution in [2.45, 2.75) is 44.6 Å². The van der Waals surface area contributed by atoms with E-state index >= 15 is 0 Å². The van der Waals surface area contributed by atoms with Gasteiger partial charge < -0.3 is 5.32 Å². The number of nitriles is 1. The number of nitrogens with zero attached hydrogens (tertiary/aromatic N) is 1. The van der Waals surface area contributed by atoms with Crippen molar-refractivity contribution in [2.24, 2.45) is 5.92 Å². The molecule has 1 aliphatic rings. The minimum absolute atomic E-state index is 0.108. The van der Waals surface area contributed by atoms with Gasteiger partial charge in [0.1, 0.15) is 5.54 Å². The van der Waals surface area contributed by atoms with Crippen LogP contribution in [-0.2, 0) is 11.2 Å². The molecule has 3 nitrogen and oxygen atoms in total. The predicted molar refractivity (Wildman–Crippen MR) is 79.3 cm³/mol. The molecule has 1 saturated carbocycles. The molecule has 0 heterocycles. The lowest BCUT2D eigenvalue weighted by Crippen LogP contribution is -2.50. The highest BCUT2D eigenvalue weighted by molar-refractivity contribution is 6.30. The van der Waals surface area contributed by atoms with Gasteiger partial charge in [-0.05, 0) is 49.3 Å². The molecule has 0 saturated heterocycles. The van der Waals surface area contributed by atoms with Crippen LogP contribution in [0.1, 0.15) is 38.2 Å². The Morgan fingerprint density at radius 2 is 2.20 bits per heavy atom. The smallest absolute Gasteiger partial charge is 0.225 e. The van der Waals surface area contributed by atoms with E-state index in [1.165, 1.54) is 0 Å². The molecule has 1 fully saturated rings. The summed E-state index contributed by atoms with van der Waals surface area (Å²) in [5, 5.41) is 13.0. The monoisotopic (exact) mass is 290 g/mol. The van der Waals surface area contributed by atoms with Crippen LogP contribution in [0.25, 0.3) is 0 Å². The maximum atomic E-state index is 12.1. The lowest BCUT2D eigenvalue weighted by molar-refractivity contribution is -0.122. The van der Waals surface area contributed by atoms with Gasteiger partial charge in [0.2, 0.25) is 5.91 Å². The van der Waals surface area contributed by atoms with Crippen LogP contribution in [0.2, 0.25) is 5.02 Å². The summed E-state index contributed by atoms with van der Waals surface area (Å²) in [6, 6.07) is 9.56. The predicted octanol–water partition coefficient (Wildman–Crippen LogP) is 3.47. The van der Waals surface area contributed by atoms with Crippen molar-refractivity contribution in [2.75, 3.05) is 0 Å². The van der Waals surface area contributed by atoms with Crippen molar-refractivity contribution in [1.82, 2.24) is 5.32 Å². The Hall–Kier alpha value is -1.53. The molecular weight excluding hydrogens is 272 g/mol. The fraction of sp³-hybridized carbons (Fsp3) is 0.500. The van der Waals surface area contributed by atoms with E-state index in [1.807, 2.05) is 12.1 Å². The minimum atomic E-state index is -0.678. The average molecular weight is 291 g/mol. The third-order valence-electron chi connectivity index (χ3n) is 3.97. The molecule has 2 rings (SSSR count). The van der Waals surface area contributed by atoms with Gasteiger partial charge in [0.05, 0.1) is 12.5 Å². The summed E-state index contributed by atoms with van der Waals surface area (Å²) in [7, 11) is 0. The van der Waals surface area contributed by atoms with Crippen LogP contribution in [0.3, 0.4) is 0 Å². The van der Waals surface area contributed by atoms with Crippen LogP contribution in [0.4, 0.5) is 0 Å². The number of carbonyl (C=O) groups is 1. The second-order valence-corrected chi connectivity index (χ2v) is 6.17. The largest absolute Gasteiger partial charge is 0.338 e. The number of benzene rings is 1. The SMILES string of the molecule is CC1CCC(C#N)(NC(=O)Cc2cccc(Cl)c2)CC1. The number of halogens is 1. The Morgan fingerprint density at radius 3 is 2.80 bits per heavy atom. The van der Waals surface area contributed by atoms with Crippen molar-refractivity contribution in [1.29, 1.82) is 5.26 Å². The first-order chi connectivity index (χ1) is 9.53. The van der Waals surface area contributed by atoms with Gasteiger partial charge in [0.15, 0.2) is 0 Å². The van der Waals surface area contributed by atoms with E-state index in [4.69, 9.17) is 11.6 Å². The summed E-state index contributed by atoms with van der Waals surface area (Å²) in [5.74, 6) is 0.532. The Balaban J connectivity index is 1.98. The number of amides is 1. The third-order valence-corrected chi connectivity index (χ3v) is 4.21. The number of hydrogen-bond donors (Lipinski definition) is 1. The summed E-state index contributed by atoms with van der Waals surface area (Å²) in [6.45, 7) is 2.19. The fourth-order valence-corrected chi connectivity index (χ4v) is 2.88. The van der Waals surface area contributed by atoms with Crippen molar-refractivity contribution >= 4 is 17.5 Å². The molecule has 0 aromatic heterocycles. The zero-order valence-corrected chi connectivity index (χ0v) is 12.4. The van der Waals surface area contributed by atoms with Gasteiger partial charge in [0, 0.05) is 5.02 Å². The van der Waals surface area contributed by atoms with E-state index in [-0.39, 0.29) is 12.3 Å². The van der Waals surface area contributed by atoms with Crippen molar-refractivity contribution in [3.63, 3.8) is 0 Å². The highest BCUT2D eigenvalue weighted by Crippen LogP contribution is 2.31. The Bertz CT molecular complexity index is 528. The standard InChI is InChI=1S/C16H19ClN2O/c1-12-5-7-16(11-18,8-6-12)19-15(20)10-13-3-2-4-14(17)9-13/h2-4,9,12H,5-8,10H2,1H3,(H,19,20). The first-order valence-electron chi connectivity index (χ1n) is 7.00. The molecule has 1 N–H and O–H groups in total. The van der Waals surface area contributed by atoms with Crippen molar-refractivity contribution in [3.05, 3.63) is 34.9 Å². The van der Waals surface area contributed by atoms with Crippen LogP contribution >= 0.6 is 11.6 Å². The molecule has 1 aromatic rings. The fourth-order valence-electron chi connectivity index (χ4n) is 2.66. The van der Waals surface area contributed by atoms with Crippen LogP contribution in [0.15, 0.2) is 24.3 Å². The molecule has 0 atom stereocenters. The Kier molecular flexibility index (Phi) is 4.67. The van der Waals surface area contributed by atoms with Gasteiger partial charge in [0.25, 0.3) is 0 Å². The first-order valence-corrected chi connectivity index (χ1v) is 7.37. The highest BCUT2D eigenvalue weighted by Gasteiger charge is 2.35. The lowest BCUT2D eigenvalue weighted by Gasteiger charge is -2.34. The molecule has 0 bridgehead atoms. The summed E-state index contributed by atoms with van der Waals surface area (Å²) >= 11 is 5.91. The van der Waals surface area contributed by atoms with Crippen LogP contribution < -0.4 is 5.32 Å². The normalized spacial score (nSPS) is 25.8. The number of hydrogen-bond acceptors (Lipinski definition) is 2. The number of rotatable bonds is 3. The van der Waals surface area contributed by atoms with Crippen molar-refractivity contribution < 1.29 is 4.79 Å². The Morgan fingerprint density at radius 1 is 1.50 bits per heavy atom. The van der Waals surface area contributed by atoms with E-state index in [2.05, 4.69) is 18.3 Å². The zero-order chi connectivity index (χ0) is 14.6. The molecule has 4 heteroatoms. The molecular formula is C16H19ClN2O. The third kappa shape index (κ3) is 3.74. The molecule has 1 aliphatic carbocycles. The van der Waals surface area contributed by atoms with Crippen molar-refractivity contribution in [3.8, 4) is 6.07 Å². The van der Waals surface area contributed by atoms with Gasteiger partial charge in [-0.1, -0.05) is 30.7 Å². The van der Waals surface area contributed by atoms with Gasteiger partial charge >= 0.3 is 0 Å². The van der Waals surface area contributed by atoms with Crippen LogP contribution in [0.5, 0.6) is 0 Å². The van der Waals surface area contributed by atoms with E-state index in [0.717, 1.165) is 31.2 Å². The van der Waals surface area contributed by atoms with Gasteiger partial charge in [-0.15, -0.1) is 0 Å².